The van der Waals surface area contributed by atoms with Crippen molar-refractivity contribution in [2.45, 2.75) is 19.8 Å². The van der Waals surface area contributed by atoms with E-state index in [2.05, 4.69) is 32.2 Å². The number of aromatic amines is 1. The van der Waals surface area contributed by atoms with Crippen molar-refractivity contribution in [2.75, 3.05) is 18.5 Å². The molecule has 2 aromatic rings. The van der Waals surface area contributed by atoms with Gasteiger partial charge in [0, 0.05) is 37.1 Å². The van der Waals surface area contributed by atoms with Crippen molar-refractivity contribution in [3.63, 3.8) is 0 Å². The third kappa shape index (κ3) is 3.73. The van der Waals surface area contributed by atoms with E-state index in [9.17, 15) is 0 Å². The predicted octanol–water partition coefficient (Wildman–Crippen LogP) is 1.64. The molecule has 0 atom stereocenters. The summed E-state index contributed by atoms with van der Waals surface area (Å²) in [5.74, 6) is 1.19. The molecule has 0 aromatic carbocycles. The van der Waals surface area contributed by atoms with Crippen molar-refractivity contribution < 1.29 is 4.74 Å². The third-order valence-corrected chi connectivity index (χ3v) is 2.32. The highest BCUT2D eigenvalue weighted by molar-refractivity contribution is 5.27. The maximum Gasteiger partial charge on any atom is 0.225 e. The van der Waals surface area contributed by atoms with Crippen molar-refractivity contribution in [1.29, 1.82) is 0 Å². The van der Waals surface area contributed by atoms with Crippen molar-refractivity contribution in [1.82, 2.24) is 19.9 Å². The monoisotopic (exact) mass is 247 g/mol. The van der Waals surface area contributed by atoms with Crippen LogP contribution in [0.25, 0.3) is 0 Å². The lowest BCUT2D eigenvalue weighted by atomic mass is 10.3. The fourth-order valence-corrected chi connectivity index (χ4v) is 1.44. The van der Waals surface area contributed by atoms with Gasteiger partial charge < -0.3 is 15.0 Å². The second-order valence-electron chi connectivity index (χ2n) is 3.82. The normalized spacial score (nSPS) is 10.3. The van der Waals surface area contributed by atoms with Crippen molar-refractivity contribution in [3.8, 4) is 5.88 Å². The van der Waals surface area contributed by atoms with Crippen LogP contribution >= 0.6 is 0 Å². The number of anilines is 1. The first-order valence-corrected chi connectivity index (χ1v) is 6.05. The summed E-state index contributed by atoms with van der Waals surface area (Å²) in [7, 11) is 0. The standard InChI is InChI=1S/C12H17N5O/c1-2-7-18-11-4-6-15-12(17-11)14-5-3-10-8-13-9-16-10/h4,6,8-9H,2-3,5,7H2,1H3,(H,13,16)(H,14,15,17). The van der Waals surface area contributed by atoms with E-state index in [4.69, 9.17) is 4.74 Å². The first kappa shape index (κ1) is 12.3. The minimum atomic E-state index is 0.586. The van der Waals surface area contributed by atoms with Crippen LogP contribution in [0.5, 0.6) is 5.88 Å². The molecule has 0 amide bonds. The summed E-state index contributed by atoms with van der Waals surface area (Å²) < 4.78 is 5.44. The molecule has 0 aliphatic heterocycles. The molecule has 0 aliphatic carbocycles. The Labute approximate surface area is 106 Å². The maximum absolute atomic E-state index is 5.44. The molecule has 0 saturated carbocycles. The largest absolute Gasteiger partial charge is 0.478 e. The molecule has 6 nitrogen and oxygen atoms in total. The van der Waals surface area contributed by atoms with E-state index < -0.39 is 0 Å². The lowest BCUT2D eigenvalue weighted by Gasteiger charge is -2.06. The van der Waals surface area contributed by atoms with Gasteiger partial charge in [-0.15, -0.1) is 0 Å². The van der Waals surface area contributed by atoms with Gasteiger partial charge in [-0.1, -0.05) is 6.92 Å². The van der Waals surface area contributed by atoms with Gasteiger partial charge in [0.1, 0.15) is 0 Å². The molecular formula is C12H17N5O. The molecule has 0 bridgehead atoms. The predicted molar refractivity (Wildman–Crippen MR) is 68.6 cm³/mol. The van der Waals surface area contributed by atoms with Crippen LogP contribution in [0, 0.1) is 0 Å². The summed E-state index contributed by atoms with van der Waals surface area (Å²) >= 11 is 0. The number of H-pyrrole nitrogens is 1. The first-order chi connectivity index (χ1) is 8.88. The number of nitrogens with one attached hydrogen (secondary N) is 2. The Kier molecular flexibility index (Phi) is 4.52. The van der Waals surface area contributed by atoms with Crippen LogP contribution in [0.4, 0.5) is 5.95 Å². The van der Waals surface area contributed by atoms with E-state index >= 15 is 0 Å². The molecule has 0 unspecified atom stereocenters. The lowest BCUT2D eigenvalue weighted by molar-refractivity contribution is 0.305. The van der Waals surface area contributed by atoms with E-state index in [1.807, 2.05) is 6.20 Å². The summed E-state index contributed by atoms with van der Waals surface area (Å²) in [6.07, 6.45) is 6.99. The average Bonchev–Trinajstić information content (AvgIpc) is 2.90. The molecule has 0 aliphatic rings. The van der Waals surface area contributed by atoms with Crippen LogP contribution in [-0.2, 0) is 6.42 Å². The van der Waals surface area contributed by atoms with Gasteiger partial charge in [-0.2, -0.15) is 4.98 Å². The number of ether oxygens (including phenoxy) is 1. The fourth-order valence-electron chi connectivity index (χ4n) is 1.44. The van der Waals surface area contributed by atoms with E-state index in [1.165, 1.54) is 0 Å². The smallest absolute Gasteiger partial charge is 0.225 e. The van der Waals surface area contributed by atoms with E-state index in [0.717, 1.165) is 25.1 Å². The highest BCUT2D eigenvalue weighted by atomic mass is 16.5. The molecule has 2 rings (SSSR count). The highest BCUT2D eigenvalue weighted by Gasteiger charge is 2.00. The zero-order chi connectivity index (χ0) is 12.6. The fraction of sp³-hybridized carbons (Fsp3) is 0.417. The topological polar surface area (TPSA) is 75.7 Å². The van der Waals surface area contributed by atoms with Crippen molar-refractivity contribution in [3.05, 3.63) is 30.5 Å². The zero-order valence-corrected chi connectivity index (χ0v) is 10.4. The highest BCUT2D eigenvalue weighted by Crippen LogP contribution is 2.08. The molecule has 18 heavy (non-hydrogen) atoms. The van der Waals surface area contributed by atoms with Crippen LogP contribution in [0.2, 0.25) is 0 Å². The van der Waals surface area contributed by atoms with Crippen LogP contribution in [0.1, 0.15) is 19.0 Å². The molecule has 2 heterocycles. The summed E-state index contributed by atoms with van der Waals surface area (Å²) in [4.78, 5) is 15.4. The Balaban J connectivity index is 1.81. The SMILES string of the molecule is CCCOc1ccnc(NCCc2cnc[nH]2)n1. The van der Waals surface area contributed by atoms with Gasteiger partial charge in [-0.25, -0.2) is 9.97 Å². The van der Waals surface area contributed by atoms with Gasteiger partial charge in [0.25, 0.3) is 0 Å². The van der Waals surface area contributed by atoms with Crippen molar-refractivity contribution >= 4 is 5.95 Å². The number of imidazole rings is 1. The molecule has 2 aromatic heterocycles. The van der Waals surface area contributed by atoms with Gasteiger partial charge in [0.15, 0.2) is 0 Å². The Morgan fingerprint density at radius 3 is 3.17 bits per heavy atom. The second-order valence-corrected chi connectivity index (χ2v) is 3.82. The first-order valence-electron chi connectivity index (χ1n) is 6.05. The Hall–Kier alpha value is -2.11. The lowest BCUT2D eigenvalue weighted by Crippen LogP contribution is -2.09. The molecular weight excluding hydrogens is 230 g/mol. The van der Waals surface area contributed by atoms with E-state index in [-0.39, 0.29) is 0 Å². The molecule has 0 radical (unpaired) electrons. The molecule has 0 spiro atoms. The summed E-state index contributed by atoms with van der Waals surface area (Å²) in [6.45, 7) is 3.48. The van der Waals surface area contributed by atoms with Gasteiger partial charge >= 0.3 is 0 Å². The minimum Gasteiger partial charge on any atom is -0.478 e. The molecule has 2 N–H and O–H groups in total. The van der Waals surface area contributed by atoms with Gasteiger partial charge in [0.05, 0.1) is 12.9 Å². The summed E-state index contributed by atoms with van der Waals surface area (Å²) in [5, 5.41) is 3.15. The van der Waals surface area contributed by atoms with E-state index in [0.29, 0.717) is 18.4 Å². The van der Waals surface area contributed by atoms with Crippen LogP contribution in [0.3, 0.4) is 0 Å². The third-order valence-electron chi connectivity index (χ3n) is 2.32. The van der Waals surface area contributed by atoms with Gasteiger partial charge in [-0.05, 0) is 6.42 Å². The molecule has 0 fully saturated rings. The number of aromatic nitrogens is 4. The Morgan fingerprint density at radius 2 is 2.39 bits per heavy atom. The number of hydrogen-bond donors (Lipinski definition) is 2. The van der Waals surface area contributed by atoms with Crippen molar-refractivity contribution in [2.24, 2.45) is 0 Å². The second kappa shape index (κ2) is 6.58. The number of hydrogen-bond acceptors (Lipinski definition) is 5. The summed E-state index contributed by atoms with van der Waals surface area (Å²) in [6, 6.07) is 1.76. The molecule has 96 valence electrons. The van der Waals surface area contributed by atoms with E-state index in [1.54, 1.807) is 18.6 Å². The van der Waals surface area contributed by atoms with Crippen LogP contribution < -0.4 is 10.1 Å². The van der Waals surface area contributed by atoms with Gasteiger partial charge in [-0.3, -0.25) is 0 Å². The zero-order valence-electron chi connectivity index (χ0n) is 10.4. The quantitative estimate of drug-likeness (QED) is 0.778. The maximum atomic E-state index is 5.44. The average molecular weight is 247 g/mol. The number of rotatable bonds is 7. The summed E-state index contributed by atoms with van der Waals surface area (Å²) in [5.41, 5.74) is 1.08. The van der Waals surface area contributed by atoms with Gasteiger partial charge in [0.2, 0.25) is 11.8 Å². The molecule has 0 saturated heterocycles. The van der Waals surface area contributed by atoms with Crippen LogP contribution in [-0.4, -0.2) is 33.1 Å². The Bertz CT molecular complexity index is 457. The Morgan fingerprint density at radius 1 is 1.44 bits per heavy atom. The molecule has 6 heteroatoms. The minimum absolute atomic E-state index is 0.586. The van der Waals surface area contributed by atoms with Crippen LogP contribution in [0.15, 0.2) is 24.8 Å². The number of nitrogens with zero attached hydrogens (tertiary/aromatic N) is 3.